The van der Waals surface area contributed by atoms with Crippen molar-refractivity contribution in [1.82, 2.24) is 5.43 Å². The fourth-order valence-corrected chi connectivity index (χ4v) is 1.71. The molecule has 0 aromatic heterocycles. The van der Waals surface area contributed by atoms with E-state index in [0.29, 0.717) is 5.56 Å². The van der Waals surface area contributed by atoms with Crippen LogP contribution in [0.2, 0.25) is 0 Å². The van der Waals surface area contributed by atoms with E-state index in [2.05, 4.69) is 22.7 Å². The molecule has 0 amide bonds. The molecular formula is C14H13N3O2S. The van der Waals surface area contributed by atoms with E-state index in [9.17, 15) is 10.2 Å². The Labute approximate surface area is 121 Å². The summed E-state index contributed by atoms with van der Waals surface area (Å²) in [5.74, 6) is 0.302. The summed E-state index contributed by atoms with van der Waals surface area (Å²) in [6.07, 6.45) is 1.43. The number of hydrogen-bond acceptors (Lipinski definition) is 4. The molecule has 102 valence electrons. The number of aromatic hydroxyl groups is 2. The molecule has 0 aliphatic rings. The van der Waals surface area contributed by atoms with Crippen molar-refractivity contribution in [2.75, 3.05) is 0 Å². The van der Waals surface area contributed by atoms with Crippen molar-refractivity contribution >= 4 is 23.5 Å². The van der Waals surface area contributed by atoms with E-state index in [1.807, 2.05) is 0 Å². The molecule has 0 heterocycles. The second kappa shape index (κ2) is 6.03. The first kappa shape index (κ1) is 13.8. The average Bonchev–Trinajstić information content (AvgIpc) is 2.41. The van der Waals surface area contributed by atoms with Crippen molar-refractivity contribution < 1.29 is 10.2 Å². The molecule has 6 heteroatoms. The topological polar surface area (TPSA) is 90.9 Å². The van der Waals surface area contributed by atoms with Crippen molar-refractivity contribution in [2.24, 2.45) is 10.8 Å². The van der Waals surface area contributed by atoms with E-state index in [1.165, 1.54) is 6.21 Å². The van der Waals surface area contributed by atoms with Gasteiger partial charge in [0, 0.05) is 5.56 Å². The van der Waals surface area contributed by atoms with Gasteiger partial charge in [-0.1, -0.05) is 18.2 Å². The van der Waals surface area contributed by atoms with Crippen LogP contribution in [-0.4, -0.2) is 21.5 Å². The van der Waals surface area contributed by atoms with Crippen molar-refractivity contribution in [1.29, 1.82) is 0 Å². The normalized spacial score (nSPS) is 10.6. The highest BCUT2D eigenvalue weighted by Gasteiger charge is 2.03. The molecule has 0 bridgehead atoms. The summed E-state index contributed by atoms with van der Waals surface area (Å²) >= 11 is 4.63. The second-order valence-corrected chi connectivity index (χ2v) is 4.49. The Kier molecular flexibility index (Phi) is 4.17. The maximum atomic E-state index is 9.77. The fraction of sp³-hybridized carbons (Fsp3) is 0. The molecule has 0 saturated heterocycles. The molecule has 0 atom stereocenters. The number of nitrogens with one attached hydrogen (secondary N) is 1. The number of phenolic OH excluding ortho intramolecular Hbond substituents is 2. The fourth-order valence-electron chi connectivity index (χ4n) is 1.66. The van der Waals surface area contributed by atoms with Crippen LogP contribution in [0.15, 0.2) is 47.6 Å². The third-order valence-corrected chi connectivity index (χ3v) is 2.70. The molecule has 0 fully saturated rings. The van der Waals surface area contributed by atoms with Crippen LogP contribution in [0.3, 0.4) is 0 Å². The molecule has 2 aromatic rings. The molecule has 0 radical (unpaired) electrons. The molecule has 20 heavy (non-hydrogen) atoms. The molecule has 2 rings (SSSR count). The van der Waals surface area contributed by atoms with Crippen LogP contribution in [-0.2, 0) is 0 Å². The zero-order valence-electron chi connectivity index (χ0n) is 10.4. The van der Waals surface area contributed by atoms with Gasteiger partial charge in [-0.05, 0) is 47.6 Å². The van der Waals surface area contributed by atoms with Crippen LogP contribution in [0, 0.1) is 0 Å². The van der Waals surface area contributed by atoms with Gasteiger partial charge in [-0.25, -0.2) is 0 Å². The molecule has 5 nitrogen and oxygen atoms in total. The van der Waals surface area contributed by atoms with Crippen molar-refractivity contribution in [2.45, 2.75) is 0 Å². The Morgan fingerprint density at radius 2 is 1.75 bits per heavy atom. The van der Waals surface area contributed by atoms with Crippen LogP contribution in [0.4, 0.5) is 0 Å². The predicted molar refractivity (Wildman–Crippen MR) is 82.7 cm³/mol. The number of nitrogens with zero attached hydrogens (tertiary/aromatic N) is 1. The number of benzene rings is 2. The molecule has 0 aliphatic heterocycles. The lowest BCUT2D eigenvalue weighted by atomic mass is 10.0. The molecule has 0 saturated carbocycles. The summed E-state index contributed by atoms with van der Waals surface area (Å²) in [5.41, 5.74) is 10.0. The zero-order valence-corrected chi connectivity index (χ0v) is 11.3. The maximum absolute atomic E-state index is 9.77. The standard InChI is InChI=1S/C14H13N3O2S/c15-14(20)17-16-8-11-7-10(3-6-13(11)19)9-1-4-12(18)5-2-9/h1-8,18-19H,(H3,15,17,20)/b16-8+. The van der Waals surface area contributed by atoms with Gasteiger partial charge in [-0.2, -0.15) is 5.10 Å². The molecule has 5 N–H and O–H groups in total. The summed E-state index contributed by atoms with van der Waals surface area (Å²) in [4.78, 5) is 0. The van der Waals surface area contributed by atoms with Gasteiger partial charge in [0.2, 0.25) is 0 Å². The van der Waals surface area contributed by atoms with E-state index in [1.54, 1.807) is 42.5 Å². The summed E-state index contributed by atoms with van der Waals surface area (Å²) in [7, 11) is 0. The third kappa shape index (κ3) is 3.46. The van der Waals surface area contributed by atoms with Crippen molar-refractivity contribution in [3.8, 4) is 22.6 Å². The monoisotopic (exact) mass is 287 g/mol. The number of thiocarbonyl (C=S) groups is 1. The lowest BCUT2D eigenvalue weighted by molar-refractivity contribution is 0.474. The lowest BCUT2D eigenvalue weighted by Gasteiger charge is -2.05. The first-order valence-electron chi connectivity index (χ1n) is 5.77. The van der Waals surface area contributed by atoms with Crippen LogP contribution >= 0.6 is 12.2 Å². The number of nitrogens with two attached hydrogens (primary N) is 1. The van der Waals surface area contributed by atoms with Gasteiger partial charge in [0.15, 0.2) is 5.11 Å². The first-order chi connectivity index (χ1) is 9.56. The van der Waals surface area contributed by atoms with Crippen LogP contribution < -0.4 is 11.2 Å². The Hall–Kier alpha value is -2.60. The number of hydrazone groups is 1. The SMILES string of the molecule is NC(=S)N/N=C/c1cc(-c2ccc(O)cc2)ccc1O. The van der Waals surface area contributed by atoms with Gasteiger partial charge in [0.05, 0.1) is 6.21 Å². The van der Waals surface area contributed by atoms with Crippen LogP contribution in [0.25, 0.3) is 11.1 Å². The number of rotatable bonds is 3. The highest BCUT2D eigenvalue weighted by molar-refractivity contribution is 7.80. The Morgan fingerprint density at radius 3 is 2.40 bits per heavy atom. The number of hydrogen-bond donors (Lipinski definition) is 4. The quantitative estimate of drug-likeness (QED) is 0.393. The maximum Gasteiger partial charge on any atom is 0.184 e. The smallest absolute Gasteiger partial charge is 0.184 e. The van der Waals surface area contributed by atoms with E-state index in [-0.39, 0.29) is 16.6 Å². The van der Waals surface area contributed by atoms with Gasteiger partial charge in [0.1, 0.15) is 11.5 Å². The minimum atomic E-state index is 0.0513. The molecule has 2 aromatic carbocycles. The van der Waals surface area contributed by atoms with Gasteiger partial charge in [-0.3, -0.25) is 5.43 Å². The second-order valence-electron chi connectivity index (χ2n) is 4.05. The summed E-state index contributed by atoms with van der Waals surface area (Å²) in [6.45, 7) is 0. The van der Waals surface area contributed by atoms with Crippen LogP contribution in [0.1, 0.15) is 5.56 Å². The Morgan fingerprint density at radius 1 is 1.10 bits per heavy atom. The minimum Gasteiger partial charge on any atom is -0.508 e. The summed E-state index contributed by atoms with van der Waals surface area (Å²) < 4.78 is 0. The van der Waals surface area contributed by atoms with Gasteiger partial charge in [0.25, 0.3) is 0 Å². The summed E-state index contributed by atoms with van der Waals surface area (Å²) in [5, 5.41) is 22.9. The van der Waals surface area contributed by atoms with Gasteiger partial charge >= 0.3 is 0 Å². The van der Waals surface area contributed by atoms with Crippen LogP contribution in [0.5, 0.6) is 11.5 Å². The van der Waals surface area contributed by atoms with E-state index < -0.39 is 0 Å². The highest BCUT2D eigenvalue weighted by atomic mass is 32.1. The highest BCUT2D eigenvalue weighted by Crippen LogP contribution is 2.26. The first-order valence-corrected chi connectivity index (χ1v) is 6.18. The average molecular weight is 287 g/mol. The van der Waals surface area contributed by atoms with Gasteiger partial charge < -0.3 is 15.9 Å². The van der Waals surface area contributed by atoms with Gasteiger partial charge in [-0.15, -0.1) is 0 Å². The Balaban J connectivity index is 2.30. The summed E-state index contributed by atoms with van der Waals surface area (Å²) in [6, 6.07) is 11.9. The predicted octanol–water partition coefficient (Wildman–Crippen LogP) is 1.93. The zero-order chi connectivity index (χ0) is 14.5. The third-order valence-electron chi connectivity index (χ3n) is 2.61. The van der Waals surface area contributed by atoms with Crippen molar-refractivity contribution in [3.05, 3.63) is 48.0 Å². The molecule has 0 spiro atoms. The lowest BCUT2D eigenvalue weighted by Crippen LogP contribution is -2.23. The van der Waals surface area contributed by atoms with E-state index >= 15 is 0 Å². The minimum absolute atomic E-state index is 0.0513. The van der Waals surface area contributed by atoms with E-state index in [0.717, 1.165) is 11.1 Å². The molecule has 0 aliphatic carbocycles. The van der Waals surface area contributed by atoms with E-state index in [4.69, 9.17) is 5.73 Å². The Bertz CT molecular complexity index is 654. The number of phenols is 2. The largest absolute Gasteiger partial charge is 0.508 e. The molecule has 0 unspecified atom stereocenters. The molecular weight excluding hydrogens is 274 g/mol. The van der Waals surface area contributed by atoms with Crippen molar-refractivity contribution in [3.63, 3.8) is 0 Å².